The Morgan fingerprint density at radius 2 is 2.00 bits per heavy atom. The van der Waals surface area contributed by atoms with Crippen molar-refractivity contribution in [2.45, 2.75) is 18.6 Å². The summed E-state index contributed by atoms with van der Waals surface area (Å²) < 4.78 is 51.2. The molecule has 0 heterocycles. The van der Waals surface area contributed by atoms with E-state index in [1.165, 1.54) is 0 Å². The van der Waals surface area contributed by atoms with Crippen molar-refractivity contribution in [3.05, 3.63) is 29.8 Å². The van der Waals surface area contributed by atoms with Crippen LogP contribution in [0.2, 0.25) is 0 Å². The molecule has 0 radical (unpaired) electrons. The highest BCUT2D eigenvalue weighted by molar-refractivity contribution is 7.93. The Bertz CT molecular complexity index is 487. The van der Waals surface area contributed by atoms with Crippen LogP contribution < -0.4 is 10.5 Å². The van der Waals surface area contributed by atoms with Crippen LogP contribution >= 0.6 is 0 Å². The van der Waals surface area contributed by atoms with Crippen molar-refractivity contribution in [2.24, 2.45) is 5.73 Å². The lowest BCUT2D eigenvalue weighted by Gasteiger charge is -2.15. The molecule has 0 saturated heterocycles. The predicted octanol–water partition coefficient (Wildman–Crippen LogP) is 1.44. The maximum atomic E-state index is 12.9. The molecule has 3 N–H and O–H groups in total. The van der Waals surface area contributed by atoms with Crippen LogP contribution in [0.1, 0.15) is 13.3 Å². The fourth-order valence-electron chi connectivity index (χ4n) is 1.32. The molecule has 0 aliphatic carbocycles. The topological polar surface area (TPSA) is 72.2 Å². The summed E-state index contributed by atoms with van der Waals surface area (Å²) in [6, 6.07) is 2.80. The molecule has 0 amide bonds. The lowest BCUT2D eigenvalue weighted by molar-refractivity contribution is 0.509. The van der Waals surface area contributed by atoms with Gasteiger partial charge in [0, 0.05) is 12.6 Å². The van der Waals surface area contributed by atoms with E-state index < -0.39 is 26.9 Å². The zero-order valence-electron chi connectivity index (χ0n) is 9.28. The van der Waals surface area contributed by atoms with E-state index in [-0.39, 0.29) is 12.2 Å². The number of hydrogen-bond donors (Lipinski definition) is 2. The van der Waals surface area contributed by atoms with E-state index in [9.17, 15) is 17.2 Å². The normalized spacial score (nSPS) is 13.4. The Kier molecular flexibility index (Phi) is 4.41. The summed E-state index contributed by atoms with van der Waals surface area (Å²) >= 11 is 0. The van der Waals surface area contributed by atoms with Gasteiger partial charge < -0.3 is 5.73 Å². The Labute approximate surface area is 98.9 Å². The number of hydrogen-bond acceptors (Lipinski definition) is 3. The van der Waals surface area contributed by atoms with Gasteiger partial charge in [-0.3, -0.25) is 4.72 Å². The molecule has 0 aromatic heterocycles. The highest BCUT2D eigenvalue weighted by Gasteiger charge is 2.22. The van der Waals surface area contributed by atoms with Gasteiger partial charge >= 0.3 is 0 Å². The van der Waals surface area contributed by atoms with E-state index in [4.69, 9.17) is 5.73 Å². The Balaban J connectivity index is 2.94. The second-order valence-corrected chi connectivity index (χ2v) is 5.50. The van der Waals surface area contributed by atoms with Gasteiger partial charge in [0.2, 0.25) is 10.0 Å². The highest BCUT2D eigenvalue weighted by atomic mass is 32.2. The fourth-order valence-corrected chi connectivity index (χ4v) is 2.63. The smallest absolute Gasteiger partial charge is 0.236 e. The SMILES string of the molecule is CCC(CN)S(=O)(=O)Nc1ccc(F)c(F)c1. The third-order valence-electron chi connectivity index (χ3n) is 2.34. The minimum absolute atomic E-state index is 0.0178. The Morgan fingerprint density at radius 3 is 2.47 bits per heavy atom. The Hall–Kier alpha value is -1.21. The second-order valence-electron chi connectivity index (χ2n) is 3.54. The van der Waals surface area contributed by atoms with Gasteiger partial charge in [0.25, 0.3) is 0 Å². The largest absolute Gasteiger partial charge is 0.329 e. The zero-order valence-corrected chi connectivity index (χ0v) is 10.1. The second kappa shape index (κ2) is 5.42. The summed E-state index contributed by atoms with van der Waals surface area (Å²) in [6.45, 7) is 1.65. The molecule has 0 aliphatic rings. The summed E-state index contributed by atoms with van der Waals surface area (Å²) in [7, 11) is -3.67. The number of halogens is 2. The van der Waals surface area contributed by atoms with Gasteiger partial charge in [-0.2, -0.15) is 0 Å². The minimum Gasteiger partial charge on any atom is -0.329 e. The van der Waals surface area contributed by atoms with Crippen molar-refractivity contribution in [1.82, 2.24) is 0 Å². The van der Waals surface area contributed by atoms with E-state index in [0.717, 1.165) is 18.2 Å². The molecule has 7 heteroatoms. The Morgan fingerprint density at radius 1 is 1.35 bits per heavy atom. The van der Waals surface area contributed by atoms with E-state index in [1.54, 1.807) is 6.92 Å². The van der Waals surface area contributed by atoms with Gasteiger partial charge in [-0.1, -0.05) is 6.92 Å². The van der Waals surface area contributed by atoms with Gasteiger partial charge in [-0.25, -0.2) is 17.2 Å². The summed E-state index contributed by atoms with van der Waals surface area (Å²) in [5.41, 5.74) is 5.31. The highest BCUT2D eigenvalue weighted by Crippen LogP contribution is 2.16. The first-order chi connectivity index (χ1) is 7.90. The molecule has 0 bridgehead atoms. The third-order valence-corrected chi connectivity index (χ3v) is 4.26. The fraction of sp³-hybridized carbons (Fsp3) is 0.400. The molecular weight excluding hydrogens is 250 g/mol. The molecule has 0 aliphatic heterocycles. The van der Waals surface area contributed by atoms with Crippen molar-refractivity contribution in [3.8, 4) is 0 Å². The van der Waals surface area contributed by atoms with Crippen LogP contribution in [0.4, 0.5) is 14.5 Å². The minimum atomic E-state index is -3.67. The molecular formula is C10H14F2N2O2S. The van der Waals surface area contributed by atoms with E-state index in [1.807, 2.05) is 0 Å². The van der Waals surface area contributed by atoms with E-state index in [0.29, 0.717) is 6.42 Å². The molecule has 0 fully saturated rings. The first-order valence-corrected chi connectivity index (χ1v) is 6.62. The number of benzene rings is 1. The molecule has 4 nitrogen and oxygen atoms in total. The summed E-state index contributed by atoms with van der Waals surface area (Å²) in [4.78, 5) is 0. The number of rotatable bonds is 5. The number of nitrogens with two attached hydrogens (primary N) is 1. The summed E-state index contributed by atoms with van der Waals surface area (Å²) in [5.74, 6) is -2.13. The standard InChI is InChI=1S/C10H14F2N2O2S/c1-2-8(6-13)17(15,16)14-7-3-4-9(11)10(12)5-7/h3-5,8,14H,2,6,13H2,1H3. The van der Waals surface area contributed by atoms with Crippen LogP contribution in [0.15, 0.2) is 18.2 Å². The number of anilines is 1. The van der Waals surface area contributed by atoms with Gasteiger partial charge in [0.05, 0.1) is 10.9 Å². The van der Waals surface area contributed by atoms with Crippen LogP contribution in [0, 0.1) is 11.6 Å². The molecule has 1 rings (SSSR count). The maximum Gasteiger partial charge on any atom is 0.236 e. The van der Waals surface area contributed by atoms with Gasteiger partial charge in [-0.05, 0) is 18.6 Å². The molecule has 1 atom stereocenters. The molecule has 0 saturated carbocycles. The average molecular weight is 264 g/mol. The lowest BCUT2D eigenvalue weighted by atomic mass is 10.3. The van der Waals surface area contributed by atoms with Crippen molar-refractivity contribution >= 4 is 15.7 Å². The van der Waals surface area contributed by atoms with Crippen molar-refractivity contribution < 1.29 is 17.2 Å². The third kappa shape index (κ3) is 3.37. The molecule has 96 valence electrons. The first-order valence-electron chi connectivity index (χ1n) is 5.07. The zero-order chi connectivity index (χ0) is 13.1. The van der Waals surface area contributed by atoms with Gasteiger partial charge in [-0.15, -0.1) is 0 Å². The average Bonchev–Trinajstić information content (AvgIpc) is 2.24. The van der Waals surface area contributed by atoms with Crippen LogP contribution in [-0.2, 0) is 10.0 Å². The van der Waals surface area contributed by atoms with Crippen molar-refractivity contribution in [3.63, 3.8) is 0 Å². The maximum absolute atomic E-state index is 12.9. The molecule has 1 unspecified atom stereocenters. The van der Waals surface area contributed by atoms with E-state index >= 15 is 0 Å². The first kappa shape index (κ1) is 13.9. The molecule has 17 heavy (non-hydrogen) atoms. The summed E-state index contributed by atoms with van der Waals surface area (Å²) in [6.07, 6.45) is 0.343. The van der Waals surface area contributed by atoms with Crippen LogP contribution in [0.25, 0.3) is 0 Å². The van der Waals surface area contributed by atoms with Gasteiger partial charge in [0.1, 0.15) is 0 Å². The van der Waals surface area contributed by atoms with Crippen LogP contribution in [-0.4, -0.2) is 20.2 Å². The molecule has 0 spiro atoms. The van der Waals surface area contributed by atoms with E-state index in [2.05, 4.69) is 4.72 Å². The van der Waals surface area contributed by atoms with Gasteiger partial charge in [0.15, 0.2) is 11.6 Å². The van der Waals surface area contributed by atoms with Crippen LogP contribution in [0.3, 0.4) is 0 Å². The van der Waals surface area contributed by atoms with Crippen LogP contribution in [0.5, 0.6) is 0 Å². The van der Waals surface area contributed by atoms with Crippen molar-refractivity contribution in [2.75, 3.05) is 11.3 Å². The molecule has 1 aromatic rings. The molecule has 1 aromatic carbocycles. The number of nitrogens with one attached hydrogen (secondary N) is 1. The van der Waals surface area contributed by atoms with Crippen molar-refractivity contribution in [1.29, 1.82) is 0 Å². The lowest BCUT2D eigenvalue weighted by Crippen LogP contribution is -2.33. The predicted molar refractivity (Wildman–Crippen MR) is 62.0 cm³/mol. The summed E-state index contributed by atoms with van der Waals surface area (Å²) in [5, 5.41) is -0.754. The monoisotopic (exact) mass is 264 g/mol. The number of sulfonamides is 1. The quantitative estimate of drug-likeness (QED) is 0.845.